The van der Waals surface area contributed by atoms with Crippen LogP contribution in [0.5, 0.6) is 0 Å². The Morgan fingerprint density at radius 1 is 1.14 bits per heavy atom. The number of sulfonamides is 1. The molecule has 5 rings (SSSR count). The van der Waals surface area contributed by atoms with Gasteiger partial charge in [0.25, 0.3) is 10.0 Å². The number of aromatic nitrogens is 5. The van der Waals surface area contributed by atoms with Crippen LogP contribution >= 0.6 is 0 Å². The average molecular weight is 514 g/mol. The number of aliphatic hydroxyl groups is 1. The van der Waals surface area contributed by atoms with E-state index in [1.54, 1.807) is 37.0 Å². The third-order valence-corrected chi connectivity index (χ3v) is 8.25. The first kappa shape index (κ1) is 24.5. The van der Waals surface area contributed by atoms with Crippen molar-refractivity contribution in [2.75, 3.05) is 26.2 Å². The molecule has 0 aliphatic carbocycles. The summed E-state index contributed by atoms with van der Waals surface area (Å²) in [5, 5.41) is 23.4. The van der Waals surface area contributed by atoms with Crippen molar-refractivity contribution in [2.24, 2.45) is 7.05 Å². The second kappa shape index (κ2) is 9.36. The number of fused-ring (bicyclic) bond motifs is 1. The lowest BCUT2D eigenvalue weighted by atomic mass is 9.96. The number of halogens is 1. The fourth-order valence-electron chi connectivity index (χ4n) is 4.79. The van der Waals surface area contributed by atoms with Gasteiger partial charge in [0, 0.05) is 44.7 Å². The second-order valence-electron chi connectivity index (χ2n) is 9.20. The standard InChI is InChI=1S/C24H28FN7O3S/c1-16-10-22-18(12-27-32(22)20-6-4-19(25)5-7-20)11-21(16)23-15-31(9-8-30(23)14-17(2)33)36(34,35)24-13-26-29(3)28-24/h4-7,10-13,17,23,33H,8-9,14-15H2,1-3H3/t17-,23-/m0/s1. The Labute approximate surface area is 208 Å². The van der Waals surface area contributed by atoms with E-state index in [0.717, 1.165) is 27.7 Å². The zero-order chi connectivity index (χ0) is 25.6. The Bertz CT molecular complexity index is 1500. The monoisotopic (exact) mass is 513 g/mol. The lowest BCUT2D eigenvalue weighted by Gasteiger charge is -2.41. The fourth-order valence-corrected chi connectivity index (χ4v) is 6.11. The largest absolute Gasteiger partial charge is 0.392 e. The molecule has 1 aliphatic heterocycles. The van der Waals surface area contributed by atoms with Crippen LogP contribution < -0.4 is 0 Å². The third kappa shape index (κ3) is 4.52. The molecule has 4 aromatic rings. The lowest BCUT2D eigenvalue weighted by Crippen LogP contribution is -2.52. The molecule has 0 bridgehead atoms. The molecule has 2 aromatic heterocycles. The van der Waals surface area contributed by atoms with E-state index in [-0.39, 0.29) is 30.0 Å². The highest BCUT2D eigenvalue weighted by atomic mass is 32.2. The number of nitrogens with zero attached hydrogens (tertiary/aromatic N) is 7. The number of aliphatic hydroxyl groups excluding tert-OH is 1. The average Bonchev–Trinajstić information content (AvgIpc) is 3.45. The Balaban J connectivity index is 1.53. The molecule has 10 nitrogen and oxygen atoms in total. The zero-order valence-electron chi connectivity index (χ0n) is 20.3. The van der Waals surface area contributed by atoms with Crippen LogP contribution in [0.15, 0.2) is 53.8 Å². The molecule has 0 unspecified atom stereocenters. The van der Waals surface area contributed by atoms with Crippen LogP contribution in [0.25, 0.3) is 16.6 Å². The first-order valence-electron chi connectivity index (χ1n) is 11.7. The molecule has 2 atom stereocenters. The van der Waals surface area contributed by atoms with Gasteiger partial charge in [-0.05, 0) is 61.4 Å². The number of piperazine rings is 1. The van der Waals surface area contributed by atoms with E-state index >= 15 is 0 Å². The van der Waals surface area contributed by atoms with Gasteiger partial charge in [-0.25, -0.2) is 17.5 Å². The second-order valence-corrected chi connectivity index (χ2v) is 11.1. The van der Waals surface area contributed by atoms with Gasteiger partial charge in [-0.2, -0.15) is 19.3 Å². The van der Waals surface area contributed by atoms with Crippen LogP contribution in [-0.4, -0.2) is 79.8 Å². The molecule has 12 heteroatoms. The molecular formula is C24H28FN7O3S. The fraction of sp³-hybridized carbons (Fsp3) is 0.375. The van der Waals surface area contributed by atoms with Crippen LogP contribution in [0.2, 0.25) is 0 Å². The Hall–Kier alpha value is -3.19. The van der Waals surface area contributed by atoms with Crippen molar-refractivity contribution in [3.63, 3.8) is 0 Å². The molecule has 0 radical (unpaired) electrons. The maximum Gasteiger partial charge on any atom is 0.264 e. The van der Waals surface area contributed by atoms with Crippen LogP contribution in [0.3, 0.4) is 0 Å². The molecule has 1 saturated heterocycles. The summed E-state index contributed by atoms with van der Waals surface area (Å²) >= 11 is 0. The van der Waals surface area contributed by atoms with Crippen molar-refractivity contribution in [1.29, 1.82) is 0 Å². The summed E-state index contributed by atoms with van der Waals surface area (Å²) in [5.74, 6) is -0.315. The summed E-state index contributed by atoms with van der Waals surface area (Å²) in [4.78, 5) is 3.34. The van der Waals surface area contributed by atoms with Gasteiger partial charge in [0.1, 0.15) is 5.82 Å². The van der Waals surface area contributed by atoms with E-state index in [1.165, 1.54) is 27.4 Å². The number of hydrogen-bond donors (Lipinski definition) is 1. The van der Waals surface area contributed by atoms with Gasteiger partial charge < -0.3 is 5.11 Å². The molecule has 2 aromatic carbocycles. The van der Waals surface area contributed by atoms with Gasteiger partial charge in [-0.1, -0.05) is 0 Å². The van der Waals surface area contributed by atoms with Crippen LogP contribution in [0.1, 0.15) is 24.1 Å². The first-order chi connectivity index (χ1) is 17.1. The zero-order valence-corrected chi connectivity index (χ0v) is 21.1. The van der Waals surface area contributed by atoms with Crippen molar-refractivity contribution >= 4 is 20.9 Å². The summed E-state index contributed by atoms with van der Waals surface area (Å²) in [6.45, 7) is 5.07. The molecule has 0 amide bonds. The number of aryl methyl sites for hydroxylation is 2. The molecule has 36 heavy (non-hydrogen) atoms. The SMILES string of the molecule is Cc1cc2c(cnn2-c2ccc(F)cc2)cc1[C@@H]1CN(S(=O)(=O)c2cnn(C)n2)CCN1C[C@H](C)O. The van der Waals surface area contributed by atoms with E-state index < -0.39 is 16.1 Å². The Kier molecular flexibility index (Phi) is 6.37. The third-order valence-electron chi connectivity index (χ3n) is 6.52. The number of rotatable bonds is 6. The van der Waals surface area contributed by atoms with Crippen molar-refractivity contribution in [1.82, 2.24) is 34.0 Å². The van der Waals surface area contributed by atoms with Crippen molar-refractivity contribution in [2.45, 2.75) is 31.0 Å². The molecular weight excluding hydrogens is 485 g/mol. The summed E-state index contributed by atoms with van der Waals surface area (Å²) < 4.78 is 43.2. The molecule has 1 aliphatic rings. The molecule has 3 heterocycles. The van der Waals surface area contributed by atoms with E-state index in [4.69, 9.17) is 0 Å². The minimum absolute atomic E-state index is 0.0829. The first-order valence-corrected chi connectivity index (χ1v) is 13.1. The highest BCUT2D eigenvalue weighted by molar-refractivity contribution is 7.89. The lowest BCUT2D eigenvalue weighted by molar-refractivity contribution is 0.0623. The van der Waals surface area contributed by atoms with E-state index in [2.05, 4.69) is 20.2 Å². The number of β-amino-alcohol motifs (C(OH)–C–C–N with tert-alkyl or cyclic N) is 1. The summed E-state index contributed by atoms with van der Waals surface area (Å²) in [6.07, 6.45) is 2.44. The molecule has 0 saturated carbocycles. The molecule has 190 valence electrons. The highest BCUT2D eigenvalue weighted by Gasteiger charge is 2.37. The summed E-state index contributed by atoms with van der Waals surface area (Å²) in [5.41, 5.74) is 3.53. The summed E-state index contributed by atoms with van der Waals surface area (Å²) in [7, 11) is -2.25. The maximum absolute atomic E-state index is 13.4. The maximum atomic E-state index is 13.4. The van der Waals surface area contributed by atoms with Gasteiger partial charge in [0.15, 0.2) is 0 Å². The Morgan fingerprint density at radius 2 is 1.89 bits per heavy atom. The quantitative estimate of drug-likeness (QED) is 0.420. The van der Waals surface area contributed by atoms with Gasteiger partial charge in [-0.3, -0.25) is 4.90 Å². The van der Waals surface area contributed by atoms with Crippen molar-refractivity contribution < 1.29 is 17.9 Å². The van der Waals surface area contributed by atoms with Gasteiger partial charge in [-0.15, -0.1) is 5.10 Å². The minimum Gasteiger partial charge on any atom is -0.392 e. The van der Waals surface area contributed by atoms with Gasteiger partial charge in [0.05, 0.1) is 29.7 Å². The van der Waals surface area contributed by atoms with E-state index in [1.807, 2.05) is 19.1 Å². The van der Waals surface area contributed by atoms with Gasteiger partial charge >= 0.3 is 0 Å². The predicted octanol–water partition coefficient (Wildman–Crippen LogP) is 2.03. The van der Waals surface area contributed by atoms with Crippen LogP contribution in [0.4, 0.5) is 4.39 Å². The highest BCUT2D eigenvalue weighted by Crippen LogP contribution is 2.33. The van der Waals surface area contributed by atoms with Crippen LogP contribution in [0, 0.1) is 12.7 Å². The topological polar surface area (TPSA) is 109 Å². The number of benzene rings is 2. The normalized spacial score (nSPS) is 18.6. The number of hydrogen-bond acceptors (Lipinski definition) is 7. The predicted molar refractivity (Wildman–Crippen MR) is 132 cm³/mol. The molecule has 1 N–H and O–H groups in total. The minimum atomic E-state index is -3.82. The van der Waals surface area contributed by atoms with Gasteiger partial charge in [0.2, 0.25) is 5.03 Å². The smallest absolute Gasteiger partial charge is 0.264 e. The van der Waals surface area contributed by atoms with E-state index in [0.29, 0.717) is 13.1 Å². The summed E-state index contributed by atoms with van der Waals surface area (Å²) in [6, 6.07) is 9.89. The molecule has 0 spiro atoms. The van der Waals surface area contributed by atoms with Crippen molar-refractivity contribution in [3.8, 4) is 5.69 Å². The Morgan fingerprint density at radius 3 is 2.56 bits per heavy atom. The van der Waals surface area contributed by atoms with E-state index in [9.17, 15) is 17.9 Å². The molecule has 1 fully saturated rings. The van der Waals surface area contributed by atoms with Crippen LogP contribution in [-0.2, 0) is 17.1 Å². The van der Waals surface area contributed by atoms with Crippen molar-refractivity contribution in [3.05, 3.63) is 65.7 Å².